The molecule has 0 aromatic heterocycles. The van der Waals surface area contributed by atoms with Gasteiger partial charge in [0, 0.05) is 19.2 Å². The van der Waals surface area contributed by atoms with E-state index in [2.05, 4.69) is 5.32 Å². The van der Waals surface area contributed by atoms with Crippen molar-refractivity contribution in [3.8, 4) is 0 Å². The average Bonchev–Trinajstić information content (AvgIpc) is 2.50. The second-order valence-electron chi connectivity index (χ2n) is 4.73. The molecule has 0 aliphatic carbocycles. The molecule has 0 aliphatic heterocycles. The van der Waals surface area contributed by atoms with Gasteiger partial charge in [0.25, 0.3) is 17.3 Å². The molecular weight excluding hydrogens is 330 g/mol. The highest BCUT2D eigenvalue weighted by molar-refractivity contribution is 6.36. The number of nitrogens with zero attached hydrogens (tertiary/aromatic N) is 2. The van der Waals surface area contributed by atoms with Gasteiger partial charge in [0.15, 0.2) is 0 Å². The number of rotatable bonds is 9. The first-order chi connectivity index (χ1) is 10.9. The van der Waals surface area contributed by atoms with E-state index in [4.69, 9.17) is 16.7 Å². The van der Waals surface area contributed by atoms with Gasteiger partial charge >= 0.3 is 0 Å². The first-order valence-electron chi connectivity index (χ1n) is 6.90. The number of nitro groups is 2. The van der Waals surface area contributed by atoms with E-state index < -0.39 is 32.2 Å². The highest BCUT2D eigenvalue weighted by Gasteiger charge is 2.26. The Balaban J connectivity index is 2.83. The molecule has 0 bridgehead atoms. The van der Waals surface area contributed by atoms with E-state index in [1.165, 1.54) is 0 Å². The predicted molar refractivity (Wildman–Crippen MR) is 82.6 cm³/mol. The summed E-state index contributed by atoms with van der Waals surface area (Å²) in [7, 11) is 0. The van der Waals surface area contributed by atoms with Crippen molar-refractivity contribution in [1.82, 2.24) is 5.32 Å². The summed E-state index contributed by atoms with van der Waals surface area (Å²) < 4.78 is 0. The van der Waals surface area contributed by atoms with Crippen LogP contribution in [-0.2, 0) is 0 Å². The summed E-state index contributed by atoms with van der Waals surface area (Å²) >= 11 is 5.80. The number of hydrogen-bond donors (Lipinski definition) is 2. The minimum absolute atomic E-state index is 0.110. The number of benzene rings is 1. The molecule has 0 saturated carbocycles. The van der Waals surface area contributed by atoms with Gasteiger partial charge < -0.3 is 10.4 Å². The Bertz CT molecular complexity index is 608. The van der Waals surface area contributed by atoms with Crippen LogP contribution in [0, 0.1) is 20.2 Å². The molecule has 9 nitrogen and oxygen atoms in total. The molecule has 0 aliphatic rings. The highest BCUT2D eigenvalue weighted by Crippen LogP contribution is 2.32. The molecule has 23 heavy (non-hydrogen) atoms. The number of carbonyl (C=O) groups excluding carboxylic acids is 1. The van der Waals surface area contributed by atoms with Crippen LogP contribution in [0.2, 0.25) is 5.02 Å². The fraction of sp³-hybridized carbons (Fsp3) is 0.462. The zero-order valence-electron chi connectivity index (χ0n) is 12.2. The Labute approximate surface area is 136 Å². The third-order valence-corrected chi connectivity index (χ3v) is 3.46. The largest absolute Gasteiger partial charge is 0.396 e. The maximum atomic E-state index is 12.0. The van der Waals surface area contributed by atoms with E-state index in [1.54, 1.807) is 0 Å². The molecular formula is C13H16ClN3O6. The molecule has 0 spiro atoms. The summed E-state index contributed by atoms with van der Waals surface area (Å²) in [5, 5.41) is 32.4. The van der Waals surface area contributed by atoms with Crippen molar-refractivity contribution in [3.05, 3.63) is 42.9 Å². The summed E-state index contributed by atoms with van der Waals surface area (Å²) in [6.07, 6.45) is 2.94. The van der Waals surface area contributed by atoms with Crippen LogP contribution in [-0.4, -0.2) is 34.0 Å². The molecule has 0 atom stereocenters. The molecule has 10 heteroatoms. The van der Waals surface area contributed by atoms with Gasteiger partial charge in [0.2, 0.25) is 0 Å². The van der Waals surface area contributed by atoms with Gasteiger partial charge in [-0.1, -0.05) is 24.4 Å². The van der Waals surface area contributed by atoms with Crippen LogP contribution in [0.5, 0.6) is 0 Å². The Morgan fingerprint density at radius 3 is 2.35 bits per heavy atom. The van der Waals surface area contributed by atoms with Gasteiger partial charge in [-0.3, -0.25) is 25.0 Å². The molecule has 1 amide bonds. The first kappa shape index (κ1) is 18.8. The van der Waals surface area contributed by atoms with E-state index >= 15 is 0 Å². The maximum Gasteiger partial charge on any atom is 0.295 e. The SMILES string of the molecule is O=C(NCCCCCCO)c1cc([N+](=O)[O-])cc([N+](=O)[O-])c1Cl. The first-order valence-corrected chi connectivity index (χ1v) is 7.27. The second kappa shape index (κ2) is 9.01. The smallest absolute Gasteiger partial charge is 0.295 e. The van der Waals surface area contributed by atoms with Crippen molar-refractivity contribution in [2.24, 2.45) is 0 Å². The lowest BCUT2D eigenvalue weighted by molar-refractivity contribution is -0.394. The number of aliphatic hydroxyl groups is 1. The summed E-state index contributed by atoms with van der Waals surface area (Å²) in [5.74, 6) is -0.705. The van der Waals surface area contributed by atoms with Crippen molar-refractivity contribution in [1.29, 1.82) is 0 Å². The molecule has 0 fully saturated rings. The van der Waals surface area contributed by atoms with Crippen LogP contribution in [0.3, 0.4) is 0 Å². The van der Waals surface area contributed by atoms with Gasteiger partial charge in [0.05, 0.1) is 21.5 Å². The fourth-order valence-electron chi connectivity index (χ4n) is 1.89. The monoisotopic (exact) mass is 345 g/mol. The van der Waals surface area contributed by atoms with Crippen LogP contribution in [0.1, 0.15) is 36.0 Å². The van der Waals surface area contributed by atoms with E-state index in [-0.39, 0.29) is 12.2 Å². The lowest BCUT2D eigenvalue weighted by atomic mass is 10.1. The number of nitro benzene ring substituents is 2. The number of halogens is 1. The Morgan fingerprint density at radius 1 is 1.13 bits per heavy atom. The molecule has 1 aromatic carbocycles. The lowest BCUT2D eigenvalue weighted by Gasteiger charge is -2.07. The Morgan fingerprint density at radius 2 is 1.78 bits per heavy atom. The lowest BCUT2D eigenvalue weighted by Crippen LogP contribution is -2.25. The summed E-state index contributed by atoms with van der Waals surface area (Å²) in [6, 6.07) is 1.63. The highest BCUT2D eigenvalue weighted by atomic mass is 35.5. The maximum absolute atomic E-state index is 12.0. The molecule has 0 heterocycles. The number of amides is 1. The van der Waals surface area contributed by atoms with E-state index in [9.17, 15) is 25.0 Å². The van der Waals surface area contributed by atoms with Crippen molar-refractivity contribution >= 4 is 28.9 Å². The fourth-order valence-corrected chi connectivity index (χ4v) is 2.15. The van der Waals surface area contributed by atoms with Crippen LogP contribution in [0.15, 0.2) is 12.1 Å². The summed E-state index contributed by atoms with van der Waals surface area (Å²) in [5.41, 5.74) is -1.56. The van der Waals surface area contributed by atoms with E-state index in [0.29, 0.717) is 25.5 Å². The third kappa shape index (κ3) is 5.46. The van der Waals surface area contributed by atoms with Crippen LogP contribution in [0.25, 0.3) is 0 Å². The molecule has 1 rings (SSSR count). The Kier molecular flexibility index (Phi) is 7.36. The summed E-state index contributed by atoms with van der Waals surface area (Å²) in [6.45, 7) is 0.413. The Hall–Kier alpha value is -2.26. The molecule has 0 radical (unpaired) electrons. The van der Waals surface area contributed by atoms with Crippen molar-refractivity contribution in [2.45, 2.75) is 25.7 Å². The number of carbonyl (C=O) groups is 1. The van der Waals surface area contributed by atoms with Crippen molar-refractivity contribution < 1.29 is 19.7 Å². The van der Waals surface area contributed by atoms with Gasteiger partial charge in [-0.25, -0.2) is 0 Å². The number of aliphatic hydroxyl groups excluding tert-OH is 1. The quantitative estimate of drug-likeness (QED) is 0.400. The topological polar surface area (TPSA) is 136 Å². The van der Waals surface area contributed by atoms with Gasteiger partial charge in [0.1, 0.15) is 5.02 Å². The van der Waals surface area contributed by atoms with E-state index in [1.807, 2.05) is 0 Å². The third-order valence-electron chi connectivity index (χ3n) is 3.06. The minimum atomic E-state index is -0.874. The minimum Gasteiger partial charge on any atom is -0.396 e. The number of non-ortho nitro benzene ring substituents is 1. The molecule has 126 valence electrons. The standard InChI is InChI=1S/C13H16ClN3O6/c14-12-10(13(19)15-5-3-1-2-4-6-18)7-9(16(20)21)8-11(12)17(22)23/h7-8,18H,1-6H2,(H,15,19). The molecule has 0 unspecified atom stereocenters. The summed E-state index contributed by atoms with van der Waals surface area (Å²) in [4.78, 5) is 32.0. The van der Waals surface area contributed by atoms with Gasteiger partial charge in [-0.15, -0.1) is 0 Å². The molecule has 1 aromatic rings. The number of nitrogens with one attached hydrogen (secondary N) is 1. The van der Waals surface area contributed by atoms with Crippen molar-refractivity contribution in [2.75, 3.05) is 13.2 Å². The zero-order chi connectivity index (χ0) is 17.4. The number of hydrogen-bond acceptors (Lipinski definition) is 6. The van der Waals surface area contributed by atoms with Crippen LogP contribution >= 0.6 is 11.6 Å². The van der Waals surface area contributed by atoms with Crippen LogP contribution < -0.4 is 5.32 Å². The number of unbranched alkanes of at least 4 members (excludes halogenated alkanes) is 3. The normalized spacial score (nSPS) is 10.3. The van der Waals surface area contributed by atoms with Gasteiger partial charge in [-0.2, -0.15) is 0 Å². The zero-order valence-corrected chi connectivity index (χ0v) is 12.9. The van der Waals surface area contributed by atoms with Crippen LogP contribution in [0.4, 0.5) is 11.4 Å². The second-order valence-corrected chi connectivity index (χ2v) is 5.11. The predicted octanol–water partition coefficient (Wildman–Crippen LogP) is 2.44. The average molecular weight is 346 g/mol. The van der Waals surface area contributed by atoms with Crippen molar-refractivity contribution in [3.63, 3.8) is 0 Å². The molecule has 2 N–H and O–H groups in total. The molecule has 0 saturated heterocycles. The van der Waals surface area contributed by atoms with E-state index in [0.717, 1.165) is 18.9 Å². The van der Waals surface area contributed by atoms with Gasteiger partial charge in [-0.05, 0) is 12.8 Å².